The molecule has 7 heteroatoms. The quantitative estimate of drug-likeness (QED) is 0.745. The van der Waals surface area contributed by atoms with E-state index in [0.717, 1.165) is 26.3 Å². The molecule has 0 aliphatic heterocycles. The number of nitriles is 1. The Morgan fingerprint density at radius 2 is 2.18 bits per heavy atom. The van der Waals surface area contributed by atoms with E-state index >= 15 is 0 Å². The van der Waals surface area contributed by atoms with Gasteiger partial charge in [0, 0.05) is 39.1 Å². The van der Waals surface area contributed by atoms with E-state index in [9.17, 15) is 4.79 Å². The number of H-pyrrole nitrogens is 1. The van der Waals surface area contributed by atoms with E-state index in [1.54, 1.807) is 25.4 Å². The first kappa shape index (κ1) is 14.6. The van der Waals surface area contributed by atoms with Gasteiger partial charge in [-0.2, -0.15) is 5.26 Å². The van der Waals surface area contributed by atoms with Gasteiger partial charge in [-0.15, -0.1) is 11.3 Å². The average molecular weight is 373 g/mol. The molecule has 108 valence electrons. The highest BCUT2D eigenvalue weighted by Gasteiger charge is 2.12. The van der Waals surface area contributed by atoms with Gasteiger partial charge in [0.05, 0.1) is 5.69 Å². The average Bonchev–Trinajstić information content (AvgIpc) is 2.97. The second-order valence-electron chi connectivity index (χ2n) is 4.59. The summed E-state index contributed by atoms with van der Waals surface area (Å²) in [6.45, 7) is 1.79. The molecule has 3 aromatic heterocycles. The van der Waals surface area contributed by atoms with E-state index < -0.39 is 0 Å². The first-order chi connectivity index (χ1) is 10.6. The van der Waals surface area contributed by atoms with Crippen LogP contribution < -0.4 is 5.56 Å². The number of rotatable bonds is 2. The van der Waals surface area contributed by atoms with Crippen LogP contribution >= 0.6 is 27.3 Å². The highest BCUT2D eigenvalue weighted by Crippen LogP contribution is 2.30. The SMILES string of the molecule is Cc1[nH]c(=O)c(C#N)cc1-c1csc(-c2cncc(Br)c2)n1. The fourth-order valence-electron chi connectivity index (χ4n) is 2.03. The van der Waals surface area contributed by atoms with Crippen molar-refractivity contribution in [3.8, 4) is 27.9 Å². The molecule has 3 aromatic rings. The zero-order valence-electron chi connectivity index (χ0n) is 11.4. The number of aromatic nitrogens is 3. The first-order valence-electron chi connectivity index (χ1n) is 6.29. The van der Waals surface area contributed by atoms with Gasteiger partial charge in [-0.25, -0.2) is 4.98 Å². The van der Waals surface area contributed by atoms with Crippen molar-refractivity contribution in [1.82, 2.24) is 15.0 Å². The molecule has 0 amide bonds. The molecule has 0 saturated heterocycles. The summed E-state index contributed by atoms with van der Waals surface area (Å²) in [5, 5.41) is 11.7. The van der Waals surface area contributed by atoms with E-state index in [-0.39, 0.29) is 11.1 Å². The van der Waals surface area contributed by atoms with Crippen molar-refractivity contribution < 1.29 is 0 Å². The van der Waals surface area contributed by atoms with Crippen LogP contribution in [0, 0.1) is 18.3 Å². The normalized spacial score (nSPS) is 10.4. The highest BCUT2D eigenvalue weighted by molar-refractivity contribution is 9.10. The number of nitrogens with one attached hydrogen (secondary N) is 1. The number of aromatic amines is 1. The second-order valence-corrected chi connectivity index (χ2v) is 6.37. The summed E-state index contributed by atoms with van der Waals surface area (Å²) in [7, 11) is 0. The lowest BCUT2D eigenvalue weighted by Crippen LogP contribution is -2.11. The Morgan fingerprint density at radius 1 is 1.36 bits per heavy atom. The largest absolute Gasteiger partial charge is 0.325 e. The van der Waals surface area contributed by atoms with Crippen LogP contribution in [0.1, 0.15) is 11.3 Å². The summed E-state index contributed by atoms with van der Waals surface area (Å²) in [4.78, 5) is 23.0. The third kappa shape index (κ3) is 2.71. The van der Waals surface area contributed by atoms with Crippen LogP contribution in [0.5, 0.6) is 0 Å². The molecular formula is C15H9BrN4OS. The molecule has 0 aliphatic carbocycles. The van der Waals surface area contributed by atoms with Gasteiger partial charge in [0.15, 0.2) is 0 Å². The maximum atomic E-state index is 11.6. The summed E-state index contributed by atoms with van der Waals surface area (Å²) in [5.41, 5.74) is 2.78. The van der Waals surface area contributed by atoms with E-state index in [0.29, 0.717) is 5.69 Å². The molecule has 0 fully saturated rings. The molecule has 5 nitrogen and oxygen atoms in total. The highest BCUT2D eigenvalue weighted by atomic mass is 79.9. The molecule has 0 aliphatic rings. The maximum absolute atomic E-state index is 11.6. The van der Waals surface area contributed by atoms with Crippen LogP contribution in [-0.2, 0) is 0 Å². The van der Waals surface area contributed by atoms with Gasteiger partial charge in [0.1, 0.15) is 16.6 Å². The first-order valence-corrected chi connectivity index (χ1v) is 7.96. The second kappa shape index (κ2) is 5.83. The van der Waals surface area contributed by atoms with Gasteiger partial charge in [-0.3, -0.25) is 9.78 Å². The Morgan fingerprint density at radius 3 is 2.91 bits per heavy atom. The molecule has 0 atom stereocenters. The van der Waals surface area contributed by atoms with Crippen molar-refractivity contribution in [2.75, 3.05) is 0 Å². The van der Waals surface area contributed by atoms with Crippen LogP contribution in [0.15, 0.2) is 39.2 Å². The molecule has 3 rings (SSSR count). The van der Waals surface area contributed by atoms with E-state index in [4.69, 9.17) is 5.26 Å². The summed E-state index contributed by atoms with van der Waals surface area (Å²) in [6, 6.07) is 5.41. The number of hydrogen-bond acceptors (Lipinski definition) is 5. The molecule has 0 aromatic carbocycles. The molecule has 1 N–H and O–H groups in total. The minimum Gasteiger partial charge on any atom is -0.325 e. The van der Waals surface area contributed by atoms with Crippen molar-refractivity contribution in [2.45, 2.75) is 6.92 Å². The lowest BCUT2D eigenvalue weighted by Gasteiger charge is -2.02. The maximum Gasteiger partial charge on any atom is 0.266 e. The van der Waals surface area contributed by atoms with Gasteiger partial charge < -0.3 is 4.98 Å². The van der Waals surface area contributed by atoms with Crippen molar-refractivity contribution in [3.05, 3.63) is 56.0 Å². The monoisotopic (exact) mass is 372 g/mol. The zero-order chi connectivity index (χ0) is 15.7. The number of pyridine rings is 2. The van der Waals surface area contributed by atoms with Gasteiger partial charge in [-0.1, -0.05) is 0 Å². The van der Waals surface area contributed by atoms with Crippen molar-refractivity contribution >= 4 is 27.3 Å². The van der Waals surface area contributed by atoms with E-state index in [1.807, 2.05) is 17.5 Å². The van der Waals surface area contributed by atoms with Gasteiger partial charge in [0.2, 0.25) is 0 Å². The Hall–Kier alpha value is -2.30. The standard InChI is InChI=1S/C15H9BrN4OS/c1-8-12(3-9(4-17)14(21)19-8)13-7-22-15(20-13)10-2-11(16)6-18-5-10/h2-3,5-7H,1H3,(H,19,21). The van der Waals surface area contributed by atoms with Crippen LogP contribution in [0.3, 0.4) is 0 Å². The summed E-state index contributed by atoms with van der Waals surface area (Å²) >= 11 is 4.87. The van der Waals surface area contributed by atoms with Gasteiger partial charge in [0.25, 0.3) is 5.56 Å². The lowest BCUT2D eigenvalue weighted by molar-refractivity contribution is 1.13. The molecule has 3 heterocycles. The fraction of sp³-hybridized carbons (Fsp3) is 0.0667. The lowest BCUT2D eigenvalue weighted by atomic mass is 10.1. The number of hydrogen-bond donors (Lipinski definition) is 1. The third-order valence-corrected chi connectivity index (χ3v) is 4.42. The topological polar surface area (TPSA) is 82.4 Å². The summed E-state index contributed by atoms with van der Waals surface area (Å²) < 4.78 is 0.883. The Kier molecular flexibility index (Phi) is 3.88. The van der Waals surface area contributed by atoms with Crippen molar-refractivity contribution in [1.29, 1.82) is 5.26 Å². The number of nitrogens with zero attached hydrogens (tertiary/aromatic N) is 3. The van der Waals surface area contributed by atoms with Crippen molar-refractivity contribution in [3.63, 3.8) is 0 Å². The predicted molar refractivity (Wildman–Crippen MR) is 88.6 cm³/mol. The van der Waals surface area contributed by atoms with Crippen LogP contribution in [0.25, 0.3) is 21.8 Å². The number of thiazole rings is 1. The Bertz CT molecular complexity index is 955. The van der Waals surface area contributed by atoms with Gasteiger partial charge in [-0.05, 0) is 35.0 Å². The molecule has 0 unspecified atom stereocenters. The van der Waals surface area contributed by atoms with Gasteiger partial charge >= 0.3 is 0 Å². The summed E-state index contributed by atoms with van der Waals surface area (Å²) in [5.74, 6) is 0. The van der Waals surface area contributed by atoms with Crippen molar-refractivity contribution in [2.24, 2.45) is 0 Å². The molecular weight excluding hydrogens is 364 g/mol. The molecule has 22 heavy (non-hydrogen) atoms. The van der Waals surface area contributed by atoms with Crippen LogP contribution in [-0.4, -0.2) is 15.0 Å². The smallest absolute Gasteiger partial charge is 0.266 e. The Balaban J connectivity index is 2.09. The van der Waals surface area contributed by atoms with Crippen LogP contribution in [0.4, 0.5) is 0 Å². The molecule has 0 radical (unpaired) electrons. The molecule has 0 bridgehead atoms. The minimum absolute atomic E-state index is 0.0827. The minimum atomic E-state index is -0.379. The van der Waals surface area contributed by atoms with Crippen LogP contribution in [0.2, 0.25) is 0 Å². The Labute approximate surface area is 138 Å². The number of aryl methyl sites for hydroxylation is 1. The molecule has 0 saturated carbocycles. The zero-order valence-corrected chi connectivity index (χ0v) is 13.8. The van der Waals surface area contributed by atoms with E-state index in [2.05, 4.69) is 30.9 Å². The third-order valence-electron chi connectivity index (χ3n) is 3.09. The molecule has 0 spiro atoms. The van der Waals surface area contributed by atoms with E-state index in [1.165, 1.54) is 11.3 Å². The predicted octanol–water partition coefficient (Wildman–Crippen LogP) is 3.50. The fourth-order valence-corrected chi connectivity index (χ4v) is 3.20. The summed E-state index contributed by atoms with van der Waals surface area (Å²) in [6.07, 6.45) is 3.46. The number of halogens is 1.